The van der Waals surface area contributed by atoms with Gasteiger partial charge in [-0.25, -0.2) is 9.59 Å². The molecule has 0 unspecified atom stereocenters. The number of amides is 6. The van der Waals surface area contributed by atoms with Crippen LogP contribution in [-0.2, 0) is 9.59 Å². The van der Waals surface area contributed by atoms with Crippen LogP contribution in [0.15, 0.2) is 0 Å². The van der Waals surface area contributed by atoms with Crippen molar-refractivity contribution in [1.82, 2.24) is 31.1 Å². The summed E-state index contributed by atoms with van der Waals surface area (Å²) in [5, 5.41) is 13.2. The number of hydrogen-bond donors (Lipinski definition) is 6. The van der Waals surface area contributed by atoms with E-state index in [1.165, 1.54) is 32.1 Å². The number of carbonyl (C=O) groups excluding carboxylic acids is 4. The third kappa shape index (κ3) is 11.7. The molecule has 12 heteroatoms. The van der Waals surface area contributed by atoms with Crippen molar-refractivity contribution >= 4 is 23.9 Å². The van der Waals surface area contributed by atoms with Gasteiger partial charge in [-0.1, -0.05) is 0 Å². The van der Waals surface area contributed by atoms with Gasteiger partial charge in [0.05, 0.1) is 0 Å². The van der Waals surface area contributed by atoms with Crippen LogP contribution in [0.2, 0.25) is 0 Å². The van der Waals surface area contributed by atoms with Gasteiger partial charge in [0.2, 0.25) is 11.8 Å². The minimum absolute atomic E-state index is 0.0612. The molecule has 0 radical (unpaired) electrons. The molecule has 0 aromatic heterocycles. The van der Waals surface area contributed by atoms with Crippen molar-refractivity contribution in [3.05, 3.63) is 0 Å². The Kier molecular flexibility index (Phi) is 15.0. The Morgan fingerprint density at radius 1 is 0.396 bits per heavy atom. The van der Waals surface area contributed by atoms with Gasteiger partial charge in [0.1, 0.15) is 0 Å². The van der Waals surface area contributed by atoms with Gasteiger partial charge in [0.25, 0.3) is 0 Å². The van der Waals surface area contributed by atoms with Gasteiger partial charge in [0.15, 0.2) is 0 Å². The number of rotatable bonds is 10. The van der Waals surface area contributed by atoms with Crippen LogP contribution in [0.1, 0.15) is 135 Å². The Labute approximate surface area is 318 Å². The Hall–Kier alpha value is -2.60. The molecular weight excluding hydrogens is 669 g/mol. The minimum atomic E-state index is 0.0612. The Balaban J connectivity index is 0.790. The van der Waals surface area contributed by atoms with E-state index in [2.05, 4.69) is 21.3 Å². The molecule has 300 valence electrons. The molecule has 2 aliphatic heterocycles. The number of nitrogens with zero attached hydrogens (tertiary/aromatic N) is 2. The van der Waals surface area contributed by atoms with E-state index in [9.17, 15) is 19.2 Å². The van der Waals surface area contributed by atoms with E-state index < -0.39 is 0 Å². The SMILES string of the molecule is NCC1CCC(C(=O)NC2CCN(C(=O)NC3CCC(CC4CCC(NC(=O)N5CCC(NC(=O)C6CCC(CN)CC6)CC5)CC4)CC3)CC2)CC1. The fourth-order valence-corrected chi connectivity index (χ4v) is 10.5. The molecule has 0 spiro atoms. The number of urea groups is 2. The average molecular weight is 741 g/mol. The zero-order valence-electron chi connectivity index (χ0n) is 32.5. The molecule has 6 rings (SSSR count). The van der Waals surface area contributed by atoms with E-state index in [1.54, 1.807) is 0 Å². The number of likely N-dealkylation sites (tertiary alicyclic amines) is 2. The summed E-state index contributed by atoms with van der Waals surface area (Å²) < 4.78 is 0. The summed E-state index contributed by atoms with van der Waals surface area (Å²) in [6.45, 7) is 4.25. The summed E-state index contributed by atoms with van der Waals surface area (Å²) in [5.74, 6) is 3.24. The Morgan fingerprint density at radius 3 is 1.02 bits per heavy atom. The second kappa shape index (κ2) is 19.8. The first-order valence-electron chi connectivity index (χ1n) is 21.9. The molecule has 2 saturated heterocycles. The van der Waals surface area contributed by atoms with E-state index in [-0.39, 0.29) is 59.9 Å². The number of hydrogen-bond acceptors (Lipinski definition) is 6. The molecule has 0 atom stereocenters. The number of piperidine rings is 2. The normalized spacial score (nSPS) is 33.5. The maximum absolute atomic E-state index is 13.1. The molecule has 53 heavy (non-hydrogen) atoms. The van der Waals surface area contributed by atoms with E-state index in [1.807, 2.05) is 9.80 Å². The largest absolute Gasteiger partial charge is 0.353 e. The summed E-state index contributed by atoms with van der Waals surface area (Å²) >= 11 is 0. The van der Waals surface area contributed by atoms with Crippen molar-refractivity contribution in [2.75, 3.05) is 39.3 Å². The Morgan fingerprint density at radius 2 is 0.698 bits per heavy atom. The van der Waals surface area contributed by atoms with Crippen LogP contribution in [-0.4, -0.2) is 97.1 Å². The van der Waals surface area contributed by atoms with E-state index >= 15 is 0 Å². The van der Waals surface area contributed by atoms with Gasteiger partial charge >= 0.3 is 12.1 Å². The number of nitrogens with two attached hydrogens (primary N) is 2. The zero-order chi connectivity index (χ0) is 37.2. The monoisotopic (exact) mass is 741 g/mol. The topological polar surface area (TPSA) is 175 Å². The fraction of sp³-hybridized carbons (Fsp3) is 0.902. The van der Waals surface area contributed by atoms with Crippen molar-refractivity contribution < 1.29 is 19.2 Å². The molecule has 8 N–H and O–H groups in total. The summed E-state index contributed by atoms with van der Waals surface area (Å²) in [6, 6.07) is 0.975. The molecular formula is C41H72N8O4. The van der Waals surface area contributed by atoms with Crippen LogP contribution in [0.3, 0.4) is 0 Å². The molecule has 4 aliphatic carbocycles. The summed E-state index contributed by atoms with van der Waals surface area (Å²) in [5.41, 5.74) is 11.6. The first-order valence-corrected chi connectivity index (χ1v) is 21.9. The van der Waals surface area contributed by atoms with Crippen LogP contribution in [0.25, 0.3) is 0 Å². The van der Waals surface area contributed by atoms with Crippen LogP contribution < -0.4 is 32.7 Å². The van der Waals surface area contributed by atoms with Crippen molar-refractivity contribution in [2.45, 2.75) is 159 Å². The third-order valence-electron chi connectivity index (χ3n) is 14.4. The summed E-state index contributed by atoms with van der Waals surface area (Å²) in [4.78, 5) is 55.7. The highest BCUT2D eigenvalue weighted by Gasteiger charge is 2.33. The van der Waals surface area contributed by atoms with Crippen LogP contribution in [0.5, 0.6) is 0 Å². The first kappa shape index (κ1) is 40.1. The first-order chi connectivity index (χ1) is 25.8. The van der Waals surface area contributed by atoms with E-state index in [4.69, 9.17) is 11.5 Å². The lowest BCUT2D eigenvalue weighted by Gasteiger charge is -2.37. The maximum Gasteiger partial charge on any atom is 0.317 e. The third-order valence-corrected chi connectivity index (χ3v) is 14.4. The molecule has 6 fully saturated rings. The van der Waals surface area contributed by atoms with E-state index in [0.717, 1.165) is 128 Å². The molecule has 0 bridgehead atoms. The van der Waals surface area contributed by atoms with Gasteiger partial charge in [-0.05, 0) is 172 Å². The highest BCUT2D eigenvalue weighted by molar-refractivity contribution is 5.80. The van der Waals surface area contributed by atoms with Gasteiger partial charge in [-0.15, -0.1) is 0 Å². The molecule has 4 saturated carbocycles. The number of carbonyl (C=O) groups is 4. The van der Waals surface area contributed by atoms with E-state index in [0.29, 0.717) is 38.0 Å². The predicted octanol–water partition coefficient (Wildman–Crippen LogP) is 4.60. The molecule has 0 aromatic carbocycles. The second-order valence-corrected chi connectivity index (χ2v) is 18.0. The summed E-state index contributed by atoms with van der Waals surface area (Å²) in [6.07, 6.45) is 21.5. The summed E-state index contributed by atoms with van der Waals surface area (Å²) in [7, 11) is 0. The van der Waals surface area contributed by atoms with Crippen LogP contribution >= 0.6 is 0 Å². The maximum atomic E-state index is 13.1. The van der Waals surface area contributed by atoms with Crippen molar-refractivity contribution in [3.63, 3.8) is 0 Å². The fourth-order valence-electron chi connectivity index (χ4n) is 10.5. The van der Waals surface area contributed by atoms with Crippen LogP contribution in [0, 0.1) is 35.5 Å². The number of nitrogens with one attached hydrogen (secondary N) is 4. The lowest BCUT2D eigenvalue weighted by molar-refractivity contribution is -0.128. The molecule has 12 nitrogen and oxygen atoms in total. The lowest BCUT2D eigenvalue weighted by Crippen LogP contribution is -2.52. The van der Waals surface area contributed by atoms with Crippen molar-refractivity contribution in [3.8, 4) is 0 Å². The molecule has 6 aliphatic rings. The predicted molar refractivity (Wildman–Crippen MR) is 208 cm³/mol. The highest BCUT2D eigenvalue weighted by atomic mass is 16.2. The standard InChI is InChI=1S/C41H72N8O4/c42-26-30-1-9-32(10-2-30)38(50)44-36-17-21-48(22-18-36)40(52)46-34-13-5-28(6-14-34)25-29-7-15-35(16-8-29)47-41(53)49-23-19-37(20-24-49)45-39(51)33-11-3-31(27-43)4-12-33/h28-37H,1-27,42-43H2,(H,44,50)(H,45,51)(H,46,52)(H,47,53). The van der Waals surface area contributed by atoms with Crippen molar-refractivity contribution in [1.29, 1.82) is 0 Å². The van der Waals surface area contributed by atoms with Gasteiger partial charge in [-0.2, -0.15) is 0 Å². The second-order valence-electron chi connectivity index (χ2n) is 18.0. The smallest absolute Gasteiger partial charge is 0.317 e. The van der Waals surface area contributed by atoms with Gasteiger partial charge < -0.3 is 42.5 Å². The lowest BCUT2D eigenvalue weighted by atomic mass is 9.75. The molecule has 2 heterocycles. The minimum Gasteiger partial charge on any atom is -0.353 e. The van der Waals surface area contributed by atoms with Crippen LogP contribution in [0.4, 0.5) is 9.59 Å². The highest BCUT2D eigenvalue weighted by Crippen LogP contribution is 2.36. The quantitative estimate of drug-likeness (QED) is 0.191. The average Bonchev–Trinajstić information content (AvgIpc) is 3.20. The van der Waals surface area contributed by atoms with Crippen molar-refractivity contribution in [2.24, 2.45) is 47.0 Å². The molecule has 0 aromatic rings. The van der Waals surface area contributed by atoms with Gasteiger partial charge in [0, 0.05) is 62.2 Å². The molecule has 6 amide bonds. The van der Waals surface area contributed by atoms with Gasteiger partial charge in [-0.3, -0.25) is 9.59 Å². The Bertz CT molecular complexity index is 1080. The zero-order valence-corrected chi connectivity index (χ0v) is 32.5.